The fourth-order valence-corrected chi connectivity index (χ4v) is 4.55. The van der Waals surface area contributed by atoms with E-state index in [9.17, 15) is 18.0 Å². The number of hydrogen-bond acceptors (Lipinski definition) is 6. The van der Waals surface area contributed by atoms with Crippen molar-refractivity contribution < 1.29 is 27.5 Å². The summed E-state index contributed by atoms with van der Waals surface area (Å²) < 4.78 is 37.1. The fourth-order valence-electron chi connectivity index (χ4n) is 3.65. The number of hydrogen-bond donors (Lipinski definition) is 1. The first kappa shape index (κ1) is 25.2. The van der Waals surface area contributed by atoms with Gasteiger partial charge in [0.2, 0.25) is 10.0 Å². The predicted molar refractivity (Wildman–Crippen MR) is 134 cm³/mol. The third kappa shape index (κ3) is 5.67. The van der Waals surface area contributed by atoms with E-state index in [4.69, 9.17) is 9.47 Å². The van der Waals surface area contributed by atoms with E-state index in [1.165, 1.54) is 43.3 Å². The van der Waals surface area contributed by atoms with Crippen LogP contribution in [0.15, 0.2) is 83.8 Å². The minimum absolute atomic E-state index is 0.0276. The van der Waals surface area contributed by atoms with Gasteiger partial charge in [0.1, 0.15) is 11.5 Å². The number of para-hydroxylation sites is 2. The van der Waals surface area contributed by atoms with Gasteiger partial charge in [-0.2, -0.15) is 0 Å². The lowest BCUT2D eigenvalue weighted by atomic mass is 10.1. The average Bonchev–Trinajstić information content (AvgIpc) is 2.90. The SMILES string of the molecule is CN(C)S(=O)(=O)c1ccc(OCC(=O)N2C[C@H](C(=O)NCc3ccccc3)Oc3ccccc32)cc1. The Bertz CT molecular complexity index is 1330. The summed E-state index contributed by atoms with van der Waals surface area (Å²) >= 11 is 0. The van der Waals surface area contributed by atoms with Gasteiger partial charge < -0.3 is 19.7 Å². The first-order chi connectivity index (χ1) is 17.3. The summed E-state index contributed by atoms with van der Waals surface area (Å²) in [7, 11) is -0.657. The van der Waals surface area contributed by atoms with E-state index in [1.807, 2.05) is 30.3 Å². The third-order valence-electron chi connectivity index (χ3n) is 5.64. The molecule has 188 valence electrons. The lowest BCUT2D eigenvalue weighted by Gasteiger charge is -2.34. The number of carbonyl (C=O) groups excluding carboxylic acids is 2. The van der Waals surface area contributed by atoms with Gasteiger partial charge in [0.15, 0.2) is 12.7 Å². The second kappa shape index (κ2) is 10.8. The van der Waals surface area contributed by atoms with Gasteiger partial charge in [-0.15, -0.1) is 0 Å². The van der Waals surface area contributed by atoms with E-state index in [1.54, 1.807) is 24.3 Å². The molecule has 1 aliphatic rings. The molecule has 0 aromatic heterocycles. The van der Waals surface area contributed by atoms with Gasteiger partial charge in [0, 0.05) is 20.6 Å². The van der Waals surface area contributed by atoms with E-state index in [0.29, 0.717) is 23.7 Å². The Morgan fingerprint density at radius 3 is 2.36 bits per heavy atom. The molecule has 0 spiro atoms. The topological polar surface area (TPSA) is 105 Å². The zero-order valence-electron chi connectivity index (χ0n) is 20.0. The third-order valence-corrected chi connectivity index (χ3v) is 7.47. The predicted octanol–water partition coefficient (Wildman–Crippen LogP) is 2.43. The Labute approximate surface area is 210 Å². The van der Waals surface area contributed by atoms with Crippen molar-refractivity contribution in [3.8, 4) is 11.5 Å². The van der Waals surface area contributed by atoms with E-state index < -0.39 is 16.1 Å². The van der Waals surface area contributed by atoms with Gasteiger partial charge in [-0.1, -0.05) is 42.5 Å². The average molecular weight is 510 g/mol. The van der Waals surface area contributed by atoms with Crippen LogP contribution in [0.3, 0.4) is 0 Å². The van der Waals surface area contributed by atoms with Crippen LogP contribution < -0.4 is 19.7 Å². The molecule has 1 aliphatic heterocycles. The fraction of sp³-hybridized carbons (Fsp3) is 0.231. The molecule has 0 bridgehead atoms. The monoisotopic (exact) mass is 509 g/mol. The van der Waals surface area contributed by atoms with E-state index in [2.05, 4.69) is 5.32 Å². The number of amides is 2. The van der Waals surface area contributed by atoms with Gasteiger partial charge in [0.05, 0.1) is 17.1 Å². The molecule has 10 heteroatoms. The molecule has 9 nitrogen and oxygen atoms in total. The van der Waals surface area contributed by atoms with Crippen LogP contribution in [-0.2, 0) is 26.2 Å². The zero-order valence-corrected chi connectivity index (χ0v) is 20.8. The molecule has 36 heavy (non-hydrogen) atoms. The summed E-state index contributed by atoms with van der Waals surface area (Å²) in [5.41, 5.74) is 1.50. The van der Waals surface area contributed by atoms with Crippen molar-refractivity contribution in [2.75, 3.05) is 32.1 Å². The van der Waals surface area contributed by atoms with Crippen molar-refractivity contribution in [3.63, 3.8) is 0 Å². The number of nitrogens with zero attached hydrogens (tertiary/aromatic N) is 2. The summed E-state index contributed by atoms with van der Waals surface area (Å²) in [4.78, 5) is 27.5. The molecule has 4 rings (SSSR count). The lowest BCUT2D eigenvalue weighted by molar-refractivity contribution is -0.128. The molecule has 1 N–H and O–H groups in total. The highest BCUT2D eigenvalue weighted by atomic mass is 32.2. The number of benzene rings is 3. The van der Waals surface area contributed by atoms with Crippen molar-refractivity contribution in [2.45, 2.75) is 17.5 Å². The van der Waals surface area contributed by atoms with E-state index in [-0.39, 0.29) is 29.9 Å². The number of nitrogens with one attached hydrogen (secondary N) is 1. The smallest absolute Gasteiger partial charge is 0.265 e. The van der Waals surface area contributed by atoms with Crippen LogP contribution >= 0.6 is 0 Å². The quantitative estimate of drug-likeness (QED) is 0.500. The zero-order chi connectivity index (χ0) is 25.7. The maximum absolute atomic E-state index is 13.1. The van der Waals surface area contributed by atoms with Crippen LogP contribution in [0.1, 0.15) is 5.56 Å². The minimum Gasteiger partial charge on any atom is -0.484 e. The minimum atomic E-state index is -3.56. The van der Waals surface area contributed by atoms with Crippen LogP contribution in [0.5, 0.6) is 11.5 Å². The van der Waals surface area contributed by atoms with Crippen LogP contribution in [0.4, 0.5) is 5.69 Å². The van der Waals surface area contributed by atoms with E-state index in [0.717, 1.165) is 9.87 Å². The highest BCUT2D eigenvalue weighted by Gasteiger charge is 2.33. The first-order valence-electron chi connectivity index (χ1n) is 11.3. The van der Waals surface area contributed by atoms with Crippen molar-refractivity contribution in [1.29, 1.82) is 0 Å². The van der Waals surface area contributed by atoms with Gasteiger partial charge in [-0.25, -0.2) is 12.7 Å². The largest absolute Gasteiger partial charge is 0.484 e. The Morgan fingerprint density at radius 2 is 1.67 bits per heavy atom. The normalized spacial score (nSPS) is 15.1. The van der Waals surface area contributed by atoms with Crippen LogP contribution in [0, 0.1) is 0 Å². The van der Waals surface area contributed by atoms with Crippen molar-refractivity contribution in [1.82, 2.24) is 9.62 Å². The Morgan fingerprint density at radius 1 is 1.00 bits per heavy atom. The number of rotatable bonds is 8. The number of sulfonamides is 1. The Kier molecular flexibility index (Phi) is 7.56. The van der Waals surface area contributed by atoms with Crippen LogP contribution in [0.25, 0.3) is 0 Å². The second-order valence-electron chi connectivity index (χ2n) is 8.33. The van der Waals surface area contributed by atoms with Crippen molar-refractivity contribution in [2.24, 2.45) is 0 Å². The van der Waals surface area contributed by atoms with Crippen LogP contribution in [0.2, 0.25) is 0 Å². The molecule has 0 saturated heterocycles. The highest BCUT2D eigenvalue weighted by Crippen LogP contribution is 2.33. The molecule has 2 amide bonds. The van der Waals surface area contributed by atoms with Gasteiger partial charge in [0.25, 0.3) is 11.8 Å². The number of anilines is 1. The number of carbonyl (C=O) groups is 2. The Balaban J connectivity index is 1.42. The molecular formula is C26H27N3O6S. The molecule has 0 radical (unpaired) electrons. The maximum Gasteiger partial charge on any atom is 0.265 e. The first-order valence-corrected chi connectivity index (χ1v) is 12.7. The summed E-state index contributed by atoms with van der Waals surface area (Å²) in [6.45, 7) is 0.0735. The van der Waals surface area contributed by atoms with Gasteiger partial charge in [-0.3, -0.25) is 9.59 Å². The highest BCUT2D eigenvalue weighted by molar-refractivity contribution is 7.89. The molecule has 0 unspecified atom stereocenters. The lowest BCUT2D eigenvalue weighted by Crippen LogP contribution is -2.51. The van der Waals surface area contributed by atoms with Crippen molar-refractivity contribution in [3.05, 3.63) is 84.4 Å². The van der Waals surface area contributed by atoms with Gasteiger partial charge in [-0.05, 0) is 42.0 Å². The van der Waals surface area contributed by atoms with Crippen LogP contribution in [-0.4, -0.2) is 57.9 Å². The molecule has 3 aromatic carbocycles. The summed E-state index contributed by atoms with van der Waals surface area (Å²) in [6, 6.07) is 22.3. The van der Waals surface area contributed by atoms with E-state index >= 15 is 0 Å². The molecular weight excluding hydrogens is 482 g/mol. The second-order valence-corrected chi connectivity index (χ2v) is 10.5. The molecule has 0 aliphatic carbocycles. The van der Waals surface area contributed by atoms with Crippen molar-refractivity contribution >= 4 is 27.5 Å². The molecule has 3 aromatic rings. The van der Waals surface area contributed by atoms with Gasteiger partial charge >= 0.3 is 0 Å². The molecule has 1 heterocycles. The summed E-state index contributed by atoms with van der Waals surface area (Å²) in [5.74, 6) is 0.0799. The number of fused-ring (bicyclic) bond motifs is 1. The maximum atomic E-state index is 13.1. The summed E-state index contributed by atoms with van der Waals surface area (Å²) in [5, 5.41) is 2.86. The summed E-state index contributed by atoms with van der Waals surface area (Å²) in [6.07, 6.45) is -0.886. The molecule has 1 atom stereocenters. The molecule has 0 fully saturated rings. The molecule has 0 saturated carbocycles. The Hall–Kier alpha value is -3.89. The number of ether oxygens (including phenoxy) is 2. The standard InChI is InChI=1S/C26H27N3O6S/c1-28(2)36(32,33)21-14-12-20(13-15-21)34-18-25(30)29-17-24(35-23-11-7-6-10-22(23)29)26(31)27-16-19-8-4-3-5-9-19/h3-15,24H,16-18H2,1-2H3,(H,27,31)/t24-/m1/s1.